The molecule has 0 aliphatic carbocycles. The Morgan fingerprint density at radius 2 is 1.80 bits per heavy atom. The second-order valence-corrected chi connectivity index (χ2v) is 5.70. The van der Waals surface area contributed by atoms with Crippen LogP contribution in [0.3, 0.4) is 0 Å². The predicted octanol–water partition coefficient (Wildman–Crippen LogP) is 1.11. The van der Waals surface area contributed by atoms with Crippen LogP contribution in [0.4, 0.5) is 0 Å². The van der Waals surface area contributed by atoms with E-state index >= 15 is 0 Å². The molecule has 5 heteroatoms. The number of nitrogens with one attached hydrogen (secondary N) is 1. The lowest BCUT2D eigenvalue weighted by molar-refractivity contribution is 0.409. The molecule has 0 amide bonds. The van der Waals surface area contributed by atoms with Crippen molar-refractivity contribution < 1.29 is 8.42 Å². The van der Waals surface area contributed by atoms with Gasteiger partial charge in [-0.2, -0.15) is 8.42 Å². The van der Waals surface area contributed by atoms with E-state index in [1.165, 1.54) is 0 Å². The van der Waals surface area contributed by atoms with Gasteiger partial charge in [0.2, 0.25) is 0 Å². The molecule has 0 aliphatic rings. The van der Waals surface area contributed by atoms with Gasteiger partial charge in [0.1, 0.15) is 0 Å². The lowest BCUT2D eigenvalue weighted by Gasteiger charge is -2.16. The van der Waals surface area contributed by atoms with E-state index in [1.807, 2.05) is 20.8 Å². The highest BCUT2D eigenvalue weighted by Crippen LogP contribution is 2.11. The minimum Gasteiger partial charge on any atom is -0.202 e. The second-order valence-electron chi connectivity index (χ2n) is 3.32. The Hall–Kier alpha value is 0.200. The first-order valence-corrected chi connectivity index (χ1v) is 5.21. The first-order valence-electron chi connectivity index (χ1n) is 2.90. The van der Waals surface area contributed by atoms with Crippen LogP contribution >= 0.6 is 10.7 Å². The minimum absolute atomic E-state index is 0.0675. The van der Waals surface area contributed by atoms with E-state index in [0.717, 1.165) is 0 Å². The molecule has 0 aromatic heterocycles. The van der Waals surface area contributed by atoms with Crippen molar-refractivity contribution in [2.24, 2.45) is 5.41 Å². The van der Waals surface area contributed by atoms with Gasteiger partial charge in [0.25, 0.3) is 9.24 Å². The topological polar surface area (TPSA) is 46.2 Å². The fourth-order valence-corrected chi connectivity index (χ4v) is 1.07. The lowest BCUT2D eigenvalue weighted by Crippen LogP contribution is -2.29. The fourth-order valence-electron chi connectivity index (χ4n) is 0.303. The minimum atomic E-state index is -3.54. The highest BCUT2D eigenvalue weighted by atomic mass is 35.7. The van der Waals surface area contributed by atoms with Gasteiger partial charge in [-0.05, 0) is 5.41 Å². The molecular weight excluding hydrogens is 174 g/mol. The summed E-state index contributed by atoms with van der Waals surface area (Å²) in [6.07, 6.45) is 0. The smallest absolute Gasteiger partial charge is 0.202 e. The van der Waals surface area contributed by atoms with Crippen LogP contribution in [0.25, 0.3) is 0 Å². The first kappa shape index (κ1) is 10.2. The van der Waals surface area contributed by atoms with Gasteiger partial charge in [0.05, 0.1) is 0 Å². The summed E-state index contributed by atoms with van der Waals surface area (Å²) in [5.74, 6) is 0. The van der Waals surface area contributed by atoms with Crippen molar-refractivity contribution in [3.05, 3.63) is 0 Å². The standard InChI is InChI=1S/C5H12ClNO2S/c1-5(2,3)4-7-10(6,8)9/h7H,4H2,1-3H3. The lowest BCUT2D eigenvalue weighted by atomic mass is 9.98. The number of hydrogen-bond acceptors (Lipinski definition) is 2. The zero-order chi connectivity index (χ0) is 8.41. The average molecular weight is 186 g/mol. The van der Waals surface area contributed by atoms with Crippen LogP contribution in [0.5, 0.6) is 0 Å². The molecule has 0 rings (SSSR count). The van der Waals surface area contributed by atoms with Crippen molar-refractivity contribution in [2.45, 2.75) is 20.8 Å². The van der Waals surface area contributed by atoms with Gasteiger partial charge in [0.15, 0.2) is 0 Å². The van der Waals surface area contributed by atoms with Crippen molar-refractivity contribution in [1.29, 1.82) is 0 Å². The molecular formula is C5H12ClNO2S. The molecule has 0 radical (unpaired) electrons. The largest absolute Gasteiger partial charge is 0.297 e. The molecule has 1 N–H and O–H groups in total. The number of hydrogen-bond donors (Lipinski definition) is 1. The maximum atomic E-state index is 10.3. The molecule has 0 unspecified atom stereocenters. The Balaban J connectivity index is 3.79. The van der Waals surface area contributed by atoms with E-state index < -0.39 is 9.24 Å². The molecule has 0 aromatic carbocycles. The monoisotopic (exact) mass is 185 g/mol. The molecule has 3 nitrogen and oxygen atoms in total. The molecule has 0 atom stereocenters. The summed E-state index contributed by atoms with van der Waals surface area (Å²) in [5.41, 5.74) is -0.0675. The Labute approximate surface area is 66.3 Å². The predicted molar refractivity (Wildman–Crippen MR) is 42.2 cm³/mol. The van der Waals surface area contributed by atoms with Gasteiger partial charge in [-0.25, -0.2) is 4.72 Å². The molecule has 62 valence electrons. The highest BCUT2D eigenvalue weighted by molar-refractivity contribution is 8.12. The van der Waals surface area contributed by atoms with Crippen LogP contribution in [-0.2, 0) is 9.24 Å². The summed E-state index contributed by atoms with van der Waals surface area (Å²) >= 11 is 0. The number of rotatable bonds is 2. The van der Waals surface area contributed by atoms with Crippen LogP contribution in [0, 0.1) is 5.41 Å². The van der Waals surface area contributed by atoms with Gasteiger partial charge < -0.3 is 0 Å². The van der Waals surface area contributed by atoms with E-state index in [0.29, 0.717) is 6.54 Å². The quantitative estimate of drug-likeness (QED) is 0.656. The van der Waals surface area contributed by atoms with Crippen LogP contribution in [0.15, 0.2) is 0 Å². The third-order valence-corrected chi connectivity index (χ3v) is 1.59. The molecule has 0 aromatic rings. The van der Waals surface area contributed by atoms with E-state index in [4.69, 9.17) is 10.7 Å². The SMILES string of the molecule is CC(C)(C)CNS(=O)(=O)Cl. The first-order chi connectivity index (χ1) is 4.21. The second kappa shape index (κ2) is 3.07. The summed E-state index contributed by atoms with van der Waals surface area (Å²) in [7, 11) is 1.37. The van der Waals surface area contributed by atoms with E-state index in [1.54, 1.807) is 0 Å². The normalized spacial score (nSPS) is 13.6. The summed E-state index contributed by atoms with van der Waals surface area (Å²) in [5, 5.41) is 0. The molecule has 0 heterocycles. The average Bonchev–Trinajstić information content (AvgIpc) is 1.57. The Morgan fingerprint density at radius 3 is 1.90 bits per heavy atom. The van der Waals surface area contributed by atoms with E-state index in [2.05, 4.69) is 4.72 Å². The van der Waals surface area contributed by atoms with Crippen molar-refractivity contribution in [3.8, 4) is 0 Å². The maximum absolute atomic E-state index is 10.3. The molecule has 0 saturated carbocycles. The molecule has 0 aliphatic heterocycles. The van der Waals surface area contributed by atoms with Crippen molar-refractivity contribution in [2.75, 3.05) is 6.54 Å². The fraction of sp³-hybridized carbons (Fsp3) is 1.00. The maximum Gasteiger partial charge on any atom is 0.297 e. The summed E-state index contributed by atoms with van der Waals surface area (Å²) < 4.78 is 22.9. The van der Waals surface area contributed by atoms with Gasteiger partial charge in [0, 0.05) is 17.2 Å². The zero-order valence-electron chi connectivity index (χ0n) is 6.31. The van der Waals surface area contributed by atoms with Gasteiger partial charge >= 0.3 is 0 Å². The van der Waals surface area contributed by atoms with Gasteiger partial charge in [-0.1, -0.05) is 20.8 Å². The van der Waals surface area contributed by atoms with Crippen LogP contribution in [0.2, 0.25) is 0 Å². The Bertz CT molecular complexity index is 192. The Kier molecular flexibility index (Phi) is 3.13. The van der Waals surface area contributed by atoms with Crippen molar-refractivity contribution >= 4 is 19.9 Å². The molecule has 0 fully saturated rings. The third-order valence-electron chi connectivity index (χ3n) is 0.775. The Morgan fingerprint density at radius 1 is 1.40 bits per heavy atom. The summed E-state index contributed by atoms with van der Waals surface area (Å²) in [4.78, 5) is 0. The zero-order valence-corrected chi connectivity index (χ0v) is 7.88. The van der Waals surface area contributed by atoms with Crippen molar-refractivity contribution in [1.82, 2.24) is 4.72 Å². The summed E-state index contributed by atoms with van der Waals surface area (Å²) in [6, 6.07) is 0. The highest BCUT2D eigenvalue weighted by Gasteiger charge is 2.13. The summed E-state index contributed by atoms with van der Waals surface area (Å²) in [6.45, 7) is 6.12. The van der Waals surface area contributed by atoms with Gasteiger partial charge in [-0.3, -0.25) is 0 Å². The van der Waals surface area contributed by atoms with Crippen LogP contribution in [-0.4, -0.2) is 15.0 Å². The molecule has 0 spiro atoms. The molecule has 0 bridgehead atoms. The number of halogens is 1. The van der Waals surface area contributed by atoms with Crippen LogP contribution in [0.1, 0.15) is 20.8 Å². The third kappa shape index (κ3) is 8.20. The van der Waals surface area contributed by atoms with Crippen LogP contribution < -0.4 is 4.72 Å². The molecule has 10 heavy (non-hydrogen) atoms. The van der Waals surface area contributed by atoms with E-state index in [9.17, 15) is 8.42 Å². The van der Waals surface area contributed by atoms with E-state index in [-0.39, 0.29) is 5.41 Å². The van der Waals surface area contributed by atoms with Gasteiger partial charge in [-0.15, -0.1) is 0 Å². The molecule has 0 saturated heterocycles. The van der Waals surface area contributed by atoms with Crippen molar-refractivity contribution in [3.63, 3.8) is 0 Å².